The number of alkyl halides is 3. The Bertz CT molecular complexity index is 1140. The number of amides is 1. The summed E-state index contributed by atoms with van der Waals surface area (Å²) in [5.41, 5.74) is 0.0335. The van der Waals surface area contributed by atoms with Crippen LogP contribution in [0, 0.1) is 0 Å². The number of sulfone groups is 1. The Morgan fingerprint density at radius 2 is 1.69 bits per heavy atom. The normalized spacial score (nSPS) is 11.9. The van der Waals surface area contributed by atoms with E-state index in [2.05, 4.69) is 15.3 Å². The van der Waals surface area contributed by atoms with Gasteiger partial charge in [-0.25, -0.2) is 13.4 Å². The van der Waals surface area contributed by atoms with Gasteiger partial charge in [-0.3, -0.25) is 9.78 Å². The number of rotatable bonds is 4. The molecule has 0 aliphatic carbocycles. The number of nitrogens with zero attached hydrogens (tertiary/aromatic N) is 2. The molecule has 0 spiro atoms. The summed E-state index contributed by atoms with van der Waals surface area (Å²) in [5, 5.41) is 2.45. The minimum absolute atomic E-state index is 0.0630. The second-order valence-corrected chi connectivity index (χ2v) is 8.07. The third-order valence-corrected chi connectivity index (χ3v) is 5.03. The summed E-state index contributed by atoms with van der Waals surface area (Å²) in [6.45, 7) is 0. The Labute approximate surface area is 164 Å². The molecule has 1 aromatic carbocycles. The molecule has 0 saturated carbocycles. The molecule has 1 N–H and O–H groups in total. The molecule has 10 heteroatoms. The Balaban J connectivity index is 1.80. The number of hydrogen-bond donors (Lipinski definition) is 1. The third kappa shape index (κ3) is 4.77. The van der Waals surface area contributed by atoms with Crippen LogP contribution >= 0.6 is 0 Å². The van der Waals surface area contributed by atoms with Crippen molar-refractivity contribution in [1.82, 2.24) is 9.97 Å². The summed E-state index contributed by atoms with van der Waals surface area (Å²) in [7, 11) is -3.49. The number of hydrogen-bond acceptors (Lipinski definition) is 5. The topological polar surface area (TPSA) is 89.0 Å². The molecule has 6 nitrogen and oxygen atoms in total. The average molecular weight is 421 g/mol. The van der Waals surface area contributed by atoms with Crippen LogP contribution in [0.1, 0.15) is 16.1 Å². The highest BCUT2D eigenvalue weighted by Crippen LogP contribution is 2.28. The van der Waals surface area contributed by atoms with E-state index in [-0.39, 0.29) is 21.8 Å². The van der Waals surface area contributed by atoms with Crippen LogP contribution < -0.4 is 5.32 Å². The zero-order valence-electron chi connectivity index (χ0n) is 14.9. The maximum absolute atomic E-state index is 12.5. The molecule has 0 aliphatic rings. The second kappa shape index (κ2) is 7.63. The molecule has 0 radical (unpaired) electrons. The highest BCUT2D eigenvalue weighted by atomic mass is 32.2. The number of carbonyl (C=O) groups excluding carboxylic acids is 1. The van der Waals surface area contributed by atoms with Gasteiger partial charge in [-0.1, -0.05) is 12.1 Å². The molecule has 2 aromatic heterocycles. The van der Waals surface area contributed by atoms with Gasteiger partial charge in [0.1, 0.15) is 5.69 Å². The van der Waals surface area contributed by atoms with Crippen LogP contribution in [0.5, 0.6) is 0 Å². The van der Waals surface area contributed by atoms with Gasteiger partial charge in [0.2, 0.25) is 0 Å². The van der Waals surface area contributed by atoms with E-state index in [4.69, 9.17) is 0 Å². The maximum Gasteiger partial charge on any atom is 0.433 e. The molecule has 3 rings (SSSR count). The van der Waals surface area contributed by atoms with E-state index in [1.165, 1.54) is 42.6 Å². The molecule has 29 heavy (non-hydrogen) atoms. The van der Waals surface area contributed by atoms with Crippen molar-refractivity contribution in [3.63, 3.8) is 0 Å². The monoisotopic (exact) mass is 421 g/mol. The number of anilines is 1. The van der Waals surface area contributed by atoms with E-state index in [1.807, 2.05) is 0 Å². The van der Waals surface area contributed by atoms with Crippen LogP contribution in [0.3, 0.4) is 0 Å². The fourth-order valence-electron chi connectivity index (χ4n) is 2.52. The van der Waals surface area contributed by atoms with Gasteiger partial charge in [0.15, 0.2) is 9.84 Å². The molecular weight excluding hydrogens is 407 g/mol. The predicted octanol–water partition coefficient (Wildman–Crippen LogP) is 3.82. The molecule has 0 aliphatic heterocycles. The van der Waals surface area contributed by atoms with Crippen molar-refractivity contribution < 1.29 is 26.4 Å². The van der Waals surface area contributed by atoms with Gasteiger partial charge < -0.3 is 5.32 Å². The molecule has 150 valence electrons. The molecule has 0 unspecified atom stereocenters. The van der Waals surface area contributed by atoms with Crippen LogP contribution in [0.25, 0.3) is 11.3 Å². The first-order valence-electron chi connectivity index (χ1n) is 8.16. The Hall–Kier alpha value is -3.27. The lowest BCUT2D eigenvalue weighted by atomic mass is 10.1. The summed E-state index contributed by atoms with van der Waals surface area (Å²) in [6, 6.07) is 10.8. The molecular formula is C19H14F3N3O3S. The van der Waals surface area contributed by atoms with E-state index < -0.39 is 27.6 Å². The van der Waals surface area contributed by atoms with Gasteiger partial charge in [0.05, 0.1) is 22.5 Å². The smallest absolute Gasteiger partial charge is 0.321 e. The average Bonchev–Trinajstić information content (AvgIpc) is 2.67. The van der Waals surface area contributed by atoms with E-state index in [0.29, 0.717) is 5.56 Å². The summed E-state index contributed by atoms with van der Waals surface area (Å²) in [4.78, 5) is 19.7. The summed E-state index contributed by atoms with van der Waals surface area (Å²) in [5.74, 6) is -0.553. The lowest BCUT2D eigenvalue weighted by Crippen LogP contribution is -2.13. The van der Waals surface area contributed by atoms with Gasteiger partial charge >= 0.3 is 6.18 Å². The van der Waals surface area contributed by atoms with Gasteiger partial charge in [-0.15, -0.1) is 0 Å². The van der Waals surface area contributed by atoms with Crippen LogP contribution in [-0.2, 0) is 16.0 Å². The van der Waals surface area contributed by atoms with Gasteiger partial charge in [-0.05, 0) is 36.4 Å². The standard InChI is InChI=1S/C19H14F3N3O3S/c1-29(27,28)15-3-2-10-23-17(15)12-4-6-13(7-5-12)18(26)25-14-8-9-16(24-11-14)19(20,21)22/h2-11H,1H3,(H,25,26). The lowest BCUT2D eigenvalue weighted by Gasteiger charge is -2.09. The fraction of sp³-hybridized carbons (Fsp3) is 0.105. The molecule has 3 aromatic rings. The van der Waals surface area contributed by atoms with Crippen molar-refractivity contribution in [3.05, 3.63) is 72.2 Å². The molecule has 0 atom stereocenters. The number of carbonyl (C=O) groups is 1. The van der Waals surface area contributed by atoms with Crippen molar-refractivity contribution >= 4 is 21.4 Å². The third-order valence-electron chi connectivity index (χ3n) is 3.90. The van der Waals surface area contributed by atoms with Crippen molar-refractivity contribution in [2.45, 2.75) is 11.1 Å². The fourth-order valence-corrected chi connectivity index (χ4v) is 3.37. The number of nitrogens with one attached hydrogen (secondary N) is 1. The Kier molecular flexibility index (Phi) is 5.38. The first kappa shape index (κ1) is 20.5. The van der Waals surface area contributed by atoms with Crippen LogP contribution in [-0.4, -0.2) is 30.5 Å². The number of pyridine rings is 2. The van der Waals surface area contributed by atoms with E-state index >= 15 is 0 Å². The summed E-state index contributed by atoms with van der Waals surface area (Å²) in [6.07, 6.45) is -1.11. The van der Waals surface area contributed by atoms with E-state index in [9.17, 15) is 26.4 Å². The van der Waals surface area contributed by atoms with E-state index in [0.717, 1.165) is 24.6 Å². The Morgan fingerprint density at radius 1 is 1.00 bits per heavy atom. The quantitative estimate of drug-likeness (QED) is 0.692. The zero-order chi connectivity index (χ0) is 21.2. The number of aromatic nitrogens is 2. The molecule has 1 amide bonds. The van der Waals surface area contributed by atoms with Crippen LogP contribution in [0.15, 0.2) is 65.8 Å². The first-order chi connectivity index (χ1) is 13.6. The predicted molar refractivity (Wildman–Crippen MR) is 100.0 cm³/mol. The second-order valence-electron chi connectivity index (χ2n) is 6.08. The van der Waals surface area contributed by atoms with Gasteiger partial charge in [0, 0.05) is 23.6 Å². The van der Waals surface area contributed by atoms with Crippen molar-refractivity contribution in [2.75, 3.05) is 11.6 Å². The minimum Gasteiger partial charge on any atom is -0.321 e. The number of halogens is 3. The lowest BCUT2D eigenvalue weighted by molar-refractivity contribution is -0.141. The maximum atomic E-state index is 12.5. The molecule has 2 heterocycles. The first-order valence-corrected chi connectivity index (χ1v) is 10.0. The molecule has 0 fully saturated rings. The summed E-state index contributed by atoms with van der Waals surface area (Å²) < 4.78 is 61.4. The molecule has 0 saturated heterocycles. The Morgan fingerprint density at radius 3 is 2.24 bits per heavy atom. The SMILES string of the molecule is CS(=O)(=O)c1cccnc1-c1ccc(C(=O)Nc2ccc(C(F)(F)F)nc2)cc1. The molecule has 0 bridgehead atoms. The zero-order valence-corrected chi connectivity index (χ0v) is 15.8. The van der Waals surface area contributed by atoms with Crippen LogP contribution in [0.4, 0.5) is 18.9 Å². The highest BCUT2D eigenvalue weighted by Gasteiger charge is 2.32. The van der Waals surface area contributed by atoms with Gasteiger partial charge in [-0.2, -0.15) is 13.2 Å². The largest absolute Gasteiger partial charge is 0.433 e. The van der Waals surface area contributed by atoms with Crippen molar-refractivity contribution in [2.24, 2.45) is 0 Å². The van der Waals surface area contributed by atoms with Gasteiger partial charge in [0.25, 0.3) is 5.91 Å². The van der Waals surface area contributed by atoms with Crippen LogP contribution in [0.2, 0.25) is 0 Å². The van der Waals surface area contributed by atoms with E-state index in [1.54, 1.807) is 0 Å². The highest BCUT2D eigenvalue weighted by molar-refractivity contribution is 7.90. The number of benzene rings is 1. The van der Waals surface area contributed by atoms with Crippen molar-refractivity contribution in [3.8, 4) is 11.3 Å². The minimum atomic E-state index is -4.56. The van der Waals surface area contributed by atoms with Crippen molar-refractivity contribution in [1.29, 1.82) is 0 Å². The summed E-state index contributed by atoms with van der Waals surface area (Å²) >= 11 is 0.